The molecule has 0 aliphatic rings. The van der Waals surface area contributed by atoms with Crippen LogP contribution in [-0.2, 0) is 4.79 Å². The maximum absolute atomic E-state index is 12.4. The van der Waals surface area contributed by atoms with Gasteiger partial charge in [-0.2, -0.15) is 0 Å². The summed E-state index contributed by atoms with van der Waals surface area (Å²) in [5.74, 6) is -0.181. The van der Waals surface area contributed by atoms with Gasteiger partial charge < -0.3 is 10.6 Å². The number of nitrogens with two attached hydrogens (primary N) is 1. The van der Waals surface area contributed by atoms with Gasteiger partial charge in [-0.25, -0.2) is 0 Å². The average Bonchev–Trinajstić information content (AvgIpc) is 2.37. The molecule has 1 rings (SSSR count). The van der Waals surface area contributed by atoms with Gasteiger partial charge in [0.15, 0.2) is 0 Å². The number of hydrogen-bond acceptors (Lipinski definition) is 2. The standard InChI is InChI=1S/C15H22N2O/c1-4-17(11-12(2)3)15(18)14(10-16)13-8-6-5-7-9-13/h5-9,14H,2,4,10-11,16H2,1,3H3. The van der Waals surface area contributed by atoms with Crippen LogP contribution >= 0.6 is 0 Å². The average molecular weight is 246 g/mol. The topological polar surface area (TPSA) is 46.3 Å². The minimum Gasteiger partial charge on any atom is -0.338 e. The summed E-state index contributed by atoms with van der Waals surface area (Å²) in [7, 11) is 0. The van der Waals surface area contributed by atoms with Gasteiger partial charge >= 0.3 is 0 Å². The Bertz CT molecular complexity index is 400. The molecular weight excluding hydrogens is 224 g/mol. The van der Waals surface area contributed by atoms with E-state index in [-0.39, 0.29) is 11.8 Å². The first-order chi connectivity index (χ1) is 8.60. The minimum atomic E-state index is -0.259. The van der Waals surface area contributed by atoms with Crippen molar-refractivity contribution in [2.75, 3.05) is 19.6 Å². The molecule has 1 unspecified atom stereocenters. The first kappa shape index (κ1) is 14.5. The van der Waals surface area contributed by atoms with Crippen LogP contribution in [0.5, 0.6) is 0 Å². The minimum absolute atomic E-state index is 0.0780. The molecule has 1 amide bonds. The maximum Gasteiger partial charge on any atom is 0.231 e. The number of rotatable bonds is 6. The van der Waals surface area contributed by atoms with Crippen molar-refractivity contribution in [1.29, 1.82) is 0 Å². The van der Waals surface area contributed by atoms with Crippen LogP contribution in [0.4, 0.5) is 0 Å². The summed E-state index contributed by atoms with van der Waals surface area (Å²) in [5, 5.41) is 0. The lowest BCUT2D eigenvalue weighted by Crippen LogP contribution is -2.38. The van der Waals surface area contributed by atoms with Gasteiger partial charge in [-0.1, -0.05) is 42.5 Å². The number of nitrogens with zero attached hydrogens (tertiary/aromatic N) is 1. The van der Waals surface area contributed by atoms with Crippen molar-refractivity contribution in [2.24, 2.45) is 5.73 Å². The van der Waals surface area contributed by atoms with Crippen LogP contribution in [0.25, 0.3) is 0 Å². The normalized spacial score (nSPS) is 11.9. The molecule has 18 heavy (non-hydrogen) atoms. The van der Waals surface area contributed by atoms with Crippen molar-refractivity contribution in [1.82, 2.24) is 4.90 Å². The smallest absolute Gasteiger partial charge is 0.231 e. The highest BCUT2D eigenvalue weighted by Gasteiger charge is 2.23. The SMILES string of the molecule is C=C(C)CN(CC)C(=O)C(CN)c1ccccc1. The molecule has 0 saturated heterocycles. The lowest BCUT2D eigenvalue weighted by molar-refractivity contribution is -0.132. The summed E-state index contributed by atoms with van der Waals surface area (Å²) in [6.07, 6.45) is 0. The van der Waals surface area contributed by atoms with Gasteiger partial charge in [0.05, 0.1) is 5.92 Å². The zero-order valence-corrected chi connectivity index (χ0v) is 11.2. The molecule has 1 atom stereocenters. The Kier molecular flexibility index (Phi) is 5.59. The van der Waals surface area contributed by atoms with Crippen LogP contribution in [0, 0.1) is 0 Å². The monoisotopic (exact) mass is 246 g/mol. The highest BCUT2D eigenvalue weighted by atomic mass is 16.2. The maximum atomic E-state index is 12.4. The van der Waals surface area contributed by atoms with Crippen molar-refractivity contribution < 1.29 is 4.79 Å². The van der Waals surface area contributed by atoms with E-state index >= 15 is 0 Å². The molecule has 0 heterocycles. The molecular formula is C15H22N2O. The predicted molar refractivity (Wildman–Crippen MR) is 75.3 cm³/mol. The molecule has 0 aromatic heterocycles. The van der Waals surface area contributed by atoms with Gasteiger partial charge in [-0.15, -0.1) is 0 Å². The molecule has 1 aromatic rings. The molecule has 0 spiro atoms. The van der Waals surface area contributed by atoms with E-state index in [9.17, 15) is 4.79 Å². The first-order valence-electron chi connectivity index (χ1n) is 6.28. The molecule has 1 aromatic carbocycles. The van der Waals surface area contributed by atoms with Gasteiger partial charge in [-0.05, 0) is 19.4 Å². The van der Waals surface area contributed by atoms with Crippen molar-refractivity contribution in [3.63, 3.8) is 0 Å². The van der Waals surface area contributed by atoms with E-state index < -0.39 is 0 Å². The predicted octanol–water partition coefficient (Wildman–Crippen LogP) is 2.15. The second-order valence-corrected chi connectivity index (χ2v) is 4.51. The number of benzene rings is 1. The number of likely N-dealkylation sites (N-methyl/N-ethyl adjacent to an activating group) is 1. The highest BCUT2D eigenvalue weighted by Crippen LogP contribution is 2.17. The lowest BCUT2D eigenvalue weighted by atomic mass is 9.97. The second kappa shape index (κ2) is 6.97. The zero-order valence-electron chi connectivity index (χ0n) is 11.2. The van der Waals surface area contributed by atoms with E-state index in [0.29, 0.717) is 19.6 Å². The van der Waals surface area contributed by atoms with Crippen LogP contribution in [0.15, 0.2) is 42.5 Å². The summed E-state index contributed by atoms with van der Waals surface area (Å²) >= 11 is 0. The van der Waals surface area contributed by atoms with Crippen LogP contribution in [-0.4, -0.2) is 30.4 Å². The highest BCUT2D eigenvalue weighted by molar-refractivity contribution is 5.84. The molecule has 3 nitrogen and oxygen atoms in total. The Morgan fingerprint density at radius 2 is 2.00 bits per heavy atom. The summed E-state index contributed by atoms with van der Waals surface area (Å²) in [4.78, 5) is 14.2. The van der Waals surface area contributed by atoms with Crippen molar-refractivity contribution >= 4 is 5.91 Å². The van der Waals surface area contributed by atoms with Crippen molar-refractivity contribution in [2.45, 2.75) is 19.8 Å². The van der Waals surface area contributed by atoms with E-state index in [1.54, 1.807) is 4.90 Å². The van der Waals surface area contributed by atoms with E-state index in [2.05, 4.69) is 6.58 Å². The van der Waals surface area contributed by atoms with Gasteiger partial charge in [0.25, 0.3) is 0 Å². The third kappa shape index (κ3) is 3.70. The number of amides is 1. The Balaban J connectivity index is 2.87. The van der Waals surface area contributed by atoms with Crippen molar-refractivity contribution in [3.05, 3.63) is 48.0 Å². The Labute approximate surface area is 109 Å². The van der Waals surface area contributed by atoms with Gasteiger partial charge in [0.1, 0.15) is 0 Å². The number of hydrogen-bond donors (Lipinski definition) is 1. The Morgan fingerprint density at radius 3 is 2.44 bits per heavy atom. The number of carbonyl (C=O) groups is 1. The Morgan fingerprint density at radius 1 is 1.39 bits per heavy atom. The molecule has 0 fully saturated rings. The van der Waals surface area contributed by atoms with Gasteiger partial charge in [0.2, 0.25) is 5.91 Å². The zero-order chi connectivity index (χ0) is 13.5. The molecule has 0 aliphatic heterocycles. The van der Waals surface area contributed by atoms with Crippen LogP contribution in [0.3, 0.4) is 0 Å². The second-order valence-electron chi connectivity index (χ2n) is 4.51. The molecule has 2 N–H and O–H groups in total. The van der Waals surface area contributed by atoms with E-state index in [0.717, 1.165) is 11.1 Å². The quantitative estimate of drug-likeness (QED) is 0.782. The van der Waals surface area contributed by atoms with E-state index in [4.69, 9.17) is 5.73 Å². The summed E-state index contributed by atoms with van der Waals surface area (Å²) < 4.78 is 0. The summed E-state index contributed by atoms with van der Waals surface area (Å²) in [6, 6.07) is 9.70. The van der Waals surface area contributed by atoms with Gasteiger partial charge in [-0.3, -0.25) is 4.79 Å². The third-order valence-corrected chi connectivity index (χ3v) is 2.89. The molecule has 0 aliphatic carbocycles. The van der Waals surface area contributed by atoms with Crippen molar-refractivity contribution in [3.8, 4) is 0 Å². The fourth-order valence-electron chi connectivity index (χ4n) is 1.96. The fourth-order valence-corrected chi connectivity index (χ4v) is 1.96. The van der Waals surface area contributed by atoms with E-state index in [1.165, 1.54) is 0 Å². The summed E-state index contributed by atoms with van der Waals surface area (Å²) in [5.41, 5.74) is 7.72. The number of carbonyl (C=O) groups excluding carboxylic acids is 1. The van der Waals surface area contributed by atoms with Crippen LogP contribution in [0.1, 0.15) is 25.3 Å². The fraction of sp³-hybridized carbons (Fsp3) is 0.400. The molecule has 0 saturated carbocycles. The summed E-state index contributed by atoms with van der Waals surface area (Å²) in [6.45, 7) is 9.36. The molecule has 0 radical (unpaired) electrons. The van der Waals surface area contributed by atoms with Crippen LogP contribution in [0.2, 0.25) is 0 Å². The Hall–Kier alpha value is -1.61. The van der Waals surface area contributed by atoms with E-state index in [1.807, 2.05) is 44.2 Å². The molecule has 3 heteroatoms. The lowest BCUT2D eigenvalue weighted by Gasteiger charge is -2.26. The molecule has 98 valence electrons. The largest absolute Gasteiger partial charge is 0.338 e. The molecule has 0 bridgehead atoms. The van der Waals surface area contributed by atoms with Gasteiger partial charge in [0, 0.05) is 19.6 Å². The third-order valence-electron chi connectivity index (χ3n) is 2.89. The first-order valence-corrected chi connectivity index (χ1v) is 6.28. The van der Waals surface area contributed by atoms with Crippen LogP contribution < -0.4 is 5.73 Å².